The van der Waals surface area contributed by atoms with Crippen LogP contribution < -0.4 is 10.6 Å². The molecule has 1 saturated heterocycles. The van der Waals surface area contributed by atoms with Gasteiger partial charge >= 0.3 is 0 Å². The number of carbonyl (C=O) groups is 3. The lowest BCUT2D eigenvalue weighted by atomic mass is 10.1. The van der Waals surface area contributed by atoms with Gasteiger partial charge in [0.2, 0.25) is 0 Å². The van der Waals surface area contributed by atoms with Crippen molar-refractivity contribution in [3.8, 4) is 0 Å². The average molecular weight is 341 g/mol. The number of benzene rings is 2. The van der Waals surface area contributed by atoms with Crippen LogP contribution in [0, 0.1) is 5.82 Å². The van der Waals surface area contributed by atoms with Crippen LogP contribution >= 0.6 is 0 Å². The Balaban J connectivity index is 1.82. The summed E-state index contributed by atoms with van der Waals surface area (Å²) >= 11 is 0. The lowest BCUT2D eigenvalue weighted by Crippen LogP contribution is -2.61. The maximum atomic E-state index is 13.0. The molecule has 0 aliphatic carbocycles. The molecule has 3 rings (SSSR count). The van der Waals surface area contributed by atoms with Gasteiger partial charge in [0.1, 0.15) is 5.82 Å². The Hall–Kier alpha value is -3.22. The number of anilines is 1. The molecule has 1 fully saturated rings. The van der Waals surface area contributed by atoms with Crippen LogP contribution in [0.2, 0.25) is 0 Å². The zero-order valence-corrected chi connectivity index (χ0v) is 13.2. The number of amides is 3. The van der Waals surface area contributed by atoms with Crippen molar-refractivity contribution in [2.75, 3.05) is 18.4 Å². The molecular formula is C18H16FN3O3. The molecule has 1 unspecified atom stereocenters. The highest BCUT2D eigenvalue weighted by atomic mass is 19.1. The van der Waals surface area contributed by atoms with Crippen LogP contribution in [0.1, 0.15) is 10.4 Å². The minimum atomic E-state index is -1.29. The summed E-state index contributed by atoms with van der Waals surface area (Å²) in [6.07, 6.45) is 0. The third-order valence-electron chi connectivity index (χ3n) is 3.85. The van der Waals surface area contributed by atoms with Gasteiger partial charge < -0.3 is 15.5 Å². The van der Waals surface area contributed by atoms with E-state index in [1.807, 2.05) is 0 Å². The van der Waals surface area contributed by atoms with Crippen LogP contribution in [0.25, 0.3) is 0 Å². The Bertz CT molecular complexity index is 793. The molecule has 2 N–H and O–H groups in total. The highest BCUT2D eigenvalue weighted by Gasteiger charge is 2.38. The van der Waals surface area contributed by atoms with E-state index in [4.69, 9.17) is 0 Å². The monoisotopic (exact) mass is 341 g/mol. The zero-order valence-electron chi connectivity index (χ0n) is 13.2. The highest BCUT2D eigenvalue weighted by Crippen LogP contribution is 2.15. The maximum Gasteiger partial charge on any atom is 0.257 e. The molecule has 1 atom stereocenters. The minimum absolute atomic E-state index is 0.223. The molecule has 1 heterocycles. The molecule has 0 aromatic heterocycles. The predicted octanol–water partition coefficient (Wildman–Crippen LogP) is 1.40. The summed E-state index contributed by atoms with van der Waals surface area (Å²) in [5, 5.41) is 5.14. The molecule has 7 heteroatoms. The van der Waals surface area contributed by atoms with Crippen LogP contribution in [-0.2, 0) is 9.59 Å². The molecule has 0 bridgehead atoms. The van der Waals surface area contributed by atoms with Crippen LogP contribution in [0.15, 0.2) is 54.6 Å². The summed E-state index contributed by atoms with van der Waals surface area (Å²) in [4.78, 5) is 38.7. The summed E-state index contributed by atoms with van der Waals surface area (Å²) < 4.78 is 13.0. The number of carbonyl (C=O) groups excluding carboxylic acids is 3. The molecule has 6 nitrogen and oxygen atoms in total. The van der Waals surface area contributed by atoms with E-state index >= 15 is 0 Å². The lowest BCUT2D eigenvalue weighted by molar-refractivity contribution is -0.135. The van der Waals surface area contributed by atoms with Gasteiger partial charge in [-0.3, -0.25) is 14.4 Å². The maximum absolute atomic E-state index is 13.0. The summed E-state index contributed by atoms with van der Waals surface area (Å²) in [5.41, 5.74) is 0.744. The molecular weight excluding hydrogens is 325 g/mol. The standard InChI is InChI=1S/C18H16FN3O3/c19-13-6-8-14(9-7-13)21-17(24)15-16(23)20-10-11-22(15)18(25)12-4-2-1-3-5-12/h1-9,15H,10-11H2,(H,20,23)(H,21,24). The fourth-order valence-electron chi connectivity index (χ4n) is 2.64. The molecule has 2 aromatic carbocycles. The molecule has 1 aliphatic heterocycles. The van der Waals surface area contributed by atoms with E-state index in [-0.39, 0.29) is 13.1 Å². The van der Waals surface area contributed by atoms with E-state index < -0.39 is 29.6 Å². The van der Waals surface area contributed by atoms with Crippen LogP contribution in [0.3, 0.4) is 0 Å². The fourth-order valence-corrected chi connectivity index (χ4v) is 2.64. The Morgan fingerprint density at radius 2 is 1.76 bits per heavy atom. The van der Waals surface area contributed by atoms with Crippen molar-refractivity contribution in [2.45, 2.75) is 6.04 Å². The van der Waals surface area contributed by atoms with Gasteiger partial charge in [-0.25, -0.2) is 4.39 Å². The second-order valence-corrected chi connectivity index (χ2v) is 5.55. The van der Waals surface area contributed by atoms with E-state index in [1.165, 1.54) is 29.2 Å². The molecule has 128 valence electrons. The van der Waals surface area contributed by atoms with Crippen LogP contribution in [0.4, 0.5) is 10.1 Å². The molecule has 0 saturated carbocycles. The molecule has 0 radical (unpaired) electrons. The SMILES string of the molecule is O=C1NCCN(C(=O)c2ccccc2)C1C(=O)Nc1ccc(F)cc1. The number of piperazine rings is 1. The summed E-state index contributed by atoms with van der Waals surface area (Å²) in [6.45, 7) is 0.499. The predicted molar refractivity (Wildman–Crippen MR) is 89.3 cm³/mol. The van der Waals surface area contributed by atoms with Crippen LogP contribution in [-0.4, -0.2) is 41.8 Å². The van der Waals surface area contributed by atoms with Crippen molar-refractivity contribution in [3.63, 3.8) is 0 Å². The summed E-state index contributed by atoms with van der Waals surface area (Å²) in [7, 11) is 0. The van der Waals surface area contributed by atoms with Gasteiger partial charge in [-0.2, -0.15) is 0 Å². The van der Waals surface area contributed by atoms with Gasteiger partial charge in [-0.1, -0.05) is 18.2 Å². The second-order valence-electron chi connectivity index (χ2n) is 5.55. The van der Waals surface area contributed by atoms with Crippen molar-refractivity contribution in [1.29, 1.82) is 0 Å². The number of halogens is 1. The average Bonchev–Trinajstić information content (AvgIpc) is 2.63. The van der Waals surface area contributed by atoms with E-state index in [2.05, 4.69) is 10.6 Å². The molecule has 25 heavy (non-hydrogen) atoms. The van der Waals surface area contributed by atoms with Gasteiger partial charge in [0.05, 0.1) is 0 Å². The Kier molecular flexibility index (Phi) is 4.74. The normalized spacial score (nSPS) is 16.9. The quantitative estimate of drug-likeness (QED) is 0.829. The Morgan fingerprint density at radius 3 is 2.44 bits per heavy atom. The van der Waals surface area contributed by atoms with Crippen molar-refractivity contribution in [1.82, 2.24) is 10.2 Å². The second kappa shape index (κ2) is 7.12. The number of hydrogen-bond acceptors (Lipinski definition) is 3. The van der Waals surface area contributed by atoms with E-state index in [1.54, 1.807) is 30.3 Å². The van der Waals surface area contributed by atoms with E-state index in [0.717, 1.165) is 0 Å². The largest absolute Gasteiger partial charge is 0.352 e. The molecule has 2 aromatic rings. The third-order valence-corrected chi connectivity index (χ3v) is 3.85. The van der Waals surface area contributed by atoms with Gasteiger partial charge in [0.15, 0.2) is 6.04 Å². The third kappa shape index (κ3) is 3.65. The van der Waals surface area contributed by atoms with Crippen molar-refractivity contribution in [3.05, 3.63) is 66.0 Å². The fraction of sp³-hybridized carbons (Fsp3) is 0.167. The van der Waals surface area contributed by atoms with Gasteiger partial charge in [0, 0.05) is 24.3 Å². The first kappa shape index (κ1) is 16.6. The topological polar surface area (TPSA) is 78.5 Å². The van der Waals surface area contributed by atoms with Gasteiger partial charge in [-0.05, 0) is 36.4 Å². The minimum Gasteiger partial charge on any atom is -0.352 e. The van der Waals surface area contributed by atoms with Crippen LogP contribution in [0.5, 0.6) is 0 Å². The van der Waals surface area contributed by atoms with Crippen molar-refractivity contribution in [2.24, 2.45) is 0 Å². The zero-order chi connectivity index (χ0) is 17.8. The molecule has 3 amide bonds. The smallest absolute Gasteiger partial charge is 0.257 e. The number of rotatable bonds is 3. The number of hydrogen-bond donors (Lipinski definition) is 2. The van der Waals surface area contributed by atoms with Crippen molar-refractivity contribution >= 4 is 23.4 Å². The Labute approximate surface area is 143 Å². The Morgan fingerprint density at radius 1 is 1.08 bits per heavy atom. The summed E-state index contributed by atoms with van der Waals surface area (Å²) in [6, 6.07) is 12.3. The van der Waals surface area contributed by atoms with E-state index in [0.29, 0.717) is 11.3 Å². The first-order valence-corrected chi connectivity index (χ1v) is 7.76. The highest BCUT2D eigenvalue weighted by molar-refractivity contribution is 6.13. The molecule has 1 aliphatic rings. The van der Waals surface area contributed by atoms with Gasteiger partial charge in [-0.15, -0.1) is 0 Å². The van der Waals surface area contributed by atoms with Gasteiger partial charge in [0.25, 0.3) is 17.7 Å². The lowest BCUT2D eigenvalue weighted by Gasteiger charge is -2.34. The molecule has 0 spiro atoms. The first-order chi connectivity index (χ1) is 12.1. The first-order valence-electron chi connectivity index (χ1n) is 7.76. The number of nitrogens with zero attached hydrogens (tertiary/aromatic N) is 1. The summed E-state index contributed by atoms with van der Waals surface area (Å²) in [5.74, 6) is -2.02. The van der Waals surface area contributed by atoms with Crippen molar-refractivity contribution < 1.29 is 18.8 Å². The van der Waals surface area contributed by atoms with E-state index in [9.17, 15) is 18.8 Å². The number of nitrogens with one attached hydrogen (secondary N) is 2.